The van der Waals surface area contributed by atoms with Gasteiger partial charge >= 0.3 is 12.6 Å². The summed E-state index contributed by atoms with van der Waals surface area (Å²) in [7, 11) is 1.34. The van der Waals surface area contributed by atoms with E-state index in [4.69, 9.17) is 9.47 Å². The number of hydrogen-bond donors (Lipinski definition) is 0. The molecule has 0 bridgehead atoms. The maximum absolute atomic E-state index is 12.5. The molecule has 0 saturated heterocycles. The molecule has 0 saturated carbocycles. The number of esters is 1. The van der Waals surface area contributed by atoms with Gasteiger partial charge in [-0.2, -0.15) is 8.78 Å². The number of aryl methyl sites for hydroxylation is 1. The Bertz CT molecular complexity index is 975. The van der Waals surface area contributed by atoms with E-state index in [0.717, 1.165) is 0 Å². The van der Waals surface area contributed by atoms with Crippen molar-refractivity contribution in [2.45, 2.75) is 20.1 Å². The Kier molecular flexibility index (Phi) is 5.49. The minimum atomic E-state index is -2.95. The topological polar surface area (TPSA) is 57.7 Å². The number of nitrogens with zero attached hydrogens (tertiary/aromatic N) is 1. The molecule has 27 heavy (non-hydrogen) atoms. The summed E-state index contributed by atoms with van der Waals surface area (Å²) in [6.45, 7) is -1.19. The van der Waals surface area contributed by atoms with Gasteiger partial charge in [0, 0.05) is 11.1 Å². The number of alkyl halides is 2. The molecule has 1 heterocycles. The first kappa shape index (κ1) is 18.6. The van der Waals surface area contributed by atoms with E-state index in [1.54, 1.807) is 19.1 Å². The molecule has 0 aliphatic carbocycles. The second-order valence-electron chi connectivity index (χ2n) is 5.77. The fourth-order valence-corrected chi connectivity index (χ4v) is 2.70. The Labute approximate surface area is 154 Å². The van der Waals surface area contributed by atoms with Crippen molar-refractivity contribution in [3.05, 3.63) is 65.4 Å². The minimum Gasteiger partial charge on any atom is -0.493 e. The van der Waals surface area contributed by atoms with E-state index in [2.05, 4.69) is 9.72 Å². The van der Waals surface area contributed by atoms with Crippen molar-refractivity contribution in [3.8, 4) is 11.5 Å². The van der Waals surface area contributed by atoms with E-state index in [1.165, 1.54) is 25.3 Å². The van der Waals surface area contributed by atoms with Crippen molar-refractivity contribution in [2.75, 3.05) is 7.11 Å². The SMILES string of the molecule is COc1cc(COC(=O)c2cc(C)nc3ccccc23)ccc1OC(F)F. The lowest BCUT2D eigenvalue weighted by Crippen LogP contribution is -2.08. The predicted octanol–water partition coefficient (Wildman–Crippen LogP) is 4.51. The van der Waals surface area contributed by atoms with Crippen molar-refractivity contribution in [2.24, 2.45) is 0 Å². The van der Waals surface area contributed by atoms with E-state index >= 15 is 0 Å². The highest BCUT2D eigenvalue weighted by atomic mass is 19.3. The number of carbonyl (C=O) groups excluding carboxylic acids is 1. The van der Waals surface area contributed by atoms with Gasteiger partial charge in [0.2, 0.25) is 0 Å². The standard InChI is InChI=1S/C20H17F2NO4/c1-12-9-15(14-5-3-4-6-16(14)23-12)19(24)26-11-13-7-8-17(27-20(21)22)18(10-13)25-2/h3-10,20H,11H2,1-2H3. The smallest absolute Gasteiger partial charge is 0.387 e. The average Bonchev–Trinajstić information content (AvgIpc) is 2.65. The van der Waals surface area contributed by atoms with Gasteiger partial charge in [0.05, 0.1) is 18.2 Å². The van der Waals surface area contributed by atoms with Gasteiger partial charge in [0.1, 0.15) is 6.61 Å². The molecule has 0 radical (unpaired) electrons. The number of fused-ring (bicyclic) bond motifs is 1. The summed E-state index contributed by atoms with van der Waals surface area (Å²) < 4.78 is 39.6. The molecular weight excluding hydrogens is 356 g/mol. The largest absolute Gasteiger partial charge is 0.493 e. The summed E-state index contributed by atoms with van der Waals surface area (Å²) in [5.41, 5.74) is 2.41. The number of aromatic nitrogens is 1. The zero-order valence-electron chi connectivity index (χ0n) is 14.7. The molecule has 0 fully saturated rings. The first-order valence-corrected chi connectivity index (χ1v) is 8.13. The summed E-state index contributed by atoms with van der Waals surface area (Å²) in [4.78, 5) is 16.9. The van der Waals surface area contributed by atoms with Crippen LogP contribution in [0.5, 0.6) is 11.5 Å². The Morgan fingerprint density at radius 3 is 2.63 bits per heavy atom. The van der Waals surface area contributed by atoms with Crippen molar-refractivity contribution >= 4 is 16.9 Å². The number of hydrogen-bond acceptors (Lipinski definition) is 5. The van der Waals surface area contributed by atoms with Crippen LogP contribution in [0.3, 0.4) is 0 Å². The number of ether oxygens (including phenoxy) is 3. The number of pyridine rings is 1. The summed E-state index contributed by atoms with van der Waals surface area (Å²) in [5, 5.41) is 0.700. The predicted molar refractivity (Wildman–Crippen MR) is 95.2 cm³/mol. The third-order valence-electron chi connectivity index (χ3n) is 3.88. The number of methoxy groups -OCH3 is 1. The molecule has 0 amide bonds. The van der Waals surface area contributed by atoms with E-state index in [0.29, 0.717) is 27.7 Å². The van der Waals surface area contributed by atoms with E-state index in [-0.39, 0.29) is 18.1 Å². The van der Waals surface area contributed by atoms with Crippen LogP contribution in [0.15, 0.2) is 48.5 Å². The molecule has 1 aromatic heterocycles. The molecule has 2 aromatic carbocycles. The van der Waals surface area contributed by atoms with Crippen LogP contribution in [-0.2, 0) is 11.3 Å². The van der Waals surface area contributed by atoms with Crippen LogP contribution >= 0.6 is 0 Å². The number of rotatable bonds is 6. The van der Waals surface area contributed by atoms with E-state index in [9.17, 15) is 13.6 Å². The third kappa shape index (κ3) is 4.31. The van der Waals surface area contributed by atoms with Crippen LogP contribution in [0.2, 0.25) is 0 Å². The highest BCUT2D eigenvalue weighted by Crippen LogP contribution is 2.30. The van der Waals surface area contributed by atoms with Crippen LogP contribution in [0.1, 0.15) is 21.6 Å². The molecule has 0 N–H and O–H groups in total. The van der Waals surface area contributed by atoms with Gasteiger partial charge in [-0.05, 0) is 36.8 Å². The maximum atomic E-state index is 12.5. The lowest BCUT2D eigenvalue weighted by molar-refractivity contribution is -0.0512. The normalized spacial score (nSPS) is 10.9. The third-order valence-corrected chi connectivity index (χ3v) is 3.88. The first-order chi connectivity index (χ1) is 13.0. The summed E-state index contributed by atoms with van der Waals surface area (Å²) in [6.07, 6.45) is 0. The Balaban J connectivity index is 1.78. The number of carbonyl (C=O) groups is 1. The van der Waals surface area contributed by atoms with Crippen LogP contribution in [0.25, 0.3) is 10.9 Å². The fraction of sp³-hybridized carbons (Fsp3) is 0.200. The zero-order valence-corrected chi connectivity index (χ0v) is 14.7. The monoisotopic (exact) mass is 373 g/mol. The number of para-hydroxylation sites is 1. The lowest BCUT2D eigenvalue weighted by atomic mass is 10.1. The molecule has 7 heteroatoms. The molecule has 0 spiro atoms. The molecule has 0 aliphatic rings. The first-order valence-electron chi connectivity index (χ1n) is 8.13. The van der Waals surface area contributed by atoms with Gasteiger partial charge in [-0.25, -0.2) is 4.79 Å². The molecule has 0 aliphatic heterocycles. The number of benzene rings is 2. The molecular formula is C20H17F2NO4. The van der Waals surface area contributed by atoms with Gasteiger partial charge in [-0.15, -0.1) is 0 Å². The van der Waals surface area contributed by atoms with Crippen molar-refractivity contribution in [3.63, 3.8) is 0 Å². The Morgan fingerprint density at radius 2 is 1.89 bits per heavy atom. The molecule has 0 unspecified atom stereocenters. The van der Waals surface area contributed by atoms with E-state index < -0.39 is 12.6 Å². The van der Waals surface area contributed by atoms with Gasteiger partial charge in [0.15, 0.2) is 11.5 Å². The van der Waals surface area contributed by atoms with Crippen LogP contribution in [0, 0.1) is 6.92 Å². The average molecular weight is 373 g/mol. The summed E-state index contributed by atoms with van der Waals surface area (Å²) >= 11 is 0. The van der Waals surface area contributed by atoms with Crippen molar-refractivity contribution in [1.29, 1.82) is 0 Å². The van der Waals surface area contributed by atoms with Crippen LogP contribution in [-0.4, -0.2) is 24.7 Å². The van der Waals surface area contributed by atoms with Crippen LogP contribution < -0.4 is 9.47 Å². The fourth-order valence-electron chi connectivity index (χ4n) is 2.70. The van der Waals surface area contributed by atoms with Gasteiger partial charge in [-0.3, -0.25) is 4.98 Å². The maximum Gasteiger partial charge on any atom is 0.387 e. The highest BCUT2D eigenvalue weighted by Gasteiger charge is 2.15. The second-order valence-corrected chi connectivity index (χ2v) is 5.77. The van der Waals surface area contributed by atoms with Gasteiger partial charge in [-0.1, -0.05) is 24.3 Å². The lowest BCUT2D eigenvalue weighted by Gasteiger charge is -2.12. The molecule has 3 aromatic rings. The summed E-state index contributed by atoms with van der Waals surface area (Å²) in [5.74, 6) is -0.448. The number of halogens is 2. The zero-order chi connectivity index (χ0) is 19.4. The summed E-state index contributed by atoms with van der Waals surface area (Å²) in [6, 6.07) is 13.3. The highest BCUT2D eigenvalue weighted by molar-refractivity contribution is 6.03. The van der Waals surface area contributed by atoms with Gasteiger partial charge < -0.3 is 14.2 Å². The van der Waals surface area contributed by atoms with Gasteiger partial charge in [0.25, 0.3) is 0 Å². The Hall–Kier alpha value is -3.22. The van der Waals surface area contributed by atoms with Crippen molar-refractivity contribution < 1.29 is 27.8 Å². The molecule has 0 atom stereocenters. The Morgan fingerprint density at radius 1 is 1.11 bits per heavy atom. The molecule has 140 valence electrons. The quantitative estimate of drug-likeness (QED) is 0.595. The van der Waals surface area contributed by atoms with Crippen molar-refractivity contribution in [1.82, 2.24) is 4.98 Å². The second kappa shape index (κ2) is 7.99. The van der Waals surface area contributed by atoms with Crippen LogP contribution in [0.4, 0.5) is 8.78 Å². The molecule has 3 rings (SSSR count). The minimum absolute atomic E-state index is 0.0418. The van der Waals surface area contributed by atoms with E-state index in [1.807, 2.05) is 18.2 Å². The molecule has 5 nitrogen and oxygen atoms in total.